The average molecular weight is 359 g/mol. The van der Waals surface area contributed by atoms with E-state index >= 15 is 0 Å². The number of aromatic nitrogens is 1. The van der Waals surface area contributed by atoms with Gasteiger partial charge in [-0.2, -0.15) is 5.10 Å². The zero-order valence-electron chi connectivity index (χ0n) is 13.4. The van der Waals surface area contributed by atoms with Crippen molar-refractivity contribution in [2.75, 3.05) is 12.0 Å². The maximum atomic E-state index is 13.8. The molecule has 0 atom stereocenters. The van der Waals surface area contributed by atoms with Crippen molar-refractivity contribution in [2.24, 2.45) is 5.10 Å². The predicted molar refractivity (Wildman–Crippen MR) is 96.3 cm³/mol. The van der Waals surface area contributed by atoms with Crippen LogP contribution in [-0.2, 0) is 0 Å². The minimum atomic E-state index is -0.760. The Morgan fingerprint density at radius 1 is 1.24 bits per heavy atom. The largest absolute Gasteiger partial charge is 0.490 e. The van der Waals surface area contributed by atoms with Crippen molar-refractivity contribution in [1.82, 2.24) is 4.98 Å². The second-order valence-electron chi connectivity index (χ2n) is 5.01. The molecule has 1 aromatic heterocycles. The Morgan fingerprint density at radius 3 is 2.80 bits per heavy atom. The number of hydrogen-bond donors (Lipinski definition) is 1. The first-order valence-corrected chi connectivity index (χ1v) is 8.47. The molecule has 0 fully saturated rings. The number of benzene rings is 2. The minimum absolute atomic E-state index is 0.0291. The topological polar surface area (TPSA) is 46.5 Å². The van der Waals surface area contributed by atoms with Gasteiger partial charge < -0.3 is 4.74 Å². The molecule has 0 amide bonds. The lowest BCUT2D eigenvalue weighted by molar-refractivity contribution is 0.320. The summed E-state index contributed by atoms with van der Waals surface area (Å²) in [5.41, 5.74) is 4.81. The summed E-state index contributed by atoms with van der Waals surface area (Å²) in [7, 11) is 0. The monoisotopic (exact) mass is 359 g/mol. The number of thiazole rings is 1. The lowest BCUT2D eigenvalue weighted by Crippen LogP contribution is -2.01. The first-order chi connectivity index (χ1) is 12.2. The molecule has 3 rings (SSSR count). The Bertz CT molecular complexity index is 881. The van der Waals surface area contributed by atoms with Crippen LogP contribution in [0, 0.1) is 11.6 Å². The number of nitrogens with one attached hydrogen (secondary N) is 1. The summed E-state index contributed by atoms with van der Waals surface area (Å²) in [6, 6.07) is 11.7. The minimum Gasteiger partial charge on any atom is -0.490 e. The number of anilines is 1. The van der Waals surface area contributed by atoms with Crippen molar-refractivity contribution >= 4 is 22.7 Å². The first-order valence-electron chi connectivity index (χ1n) is 7.59. The highest BCUT2D eigenvalue weighted by Crippen LogP contribution is 2.25. The highest BCUT2D eigenvalue weighted by Gasteiger charge is 2.11. The van der Waals surface area contributed by atoms with E-state index in [1.165, 1.54) is 17.6 Å². The molecular formula is C18H15F2N3OS. The van der Waals surface area contributed by atoms with Crippen LogP contribution in [0.15, 0.2) is 52.9 Å². The van der Waals surface area contributed by atoms with Crippen LogP contribution in [0.2, 0.25) is 0 Å². The molecule has 4 nitrogen and oxygen atoms in total. The van der Waals surface area contributed by atoms with Crippen LogP contribution in [0.25, 0.3) is 11.3 Å². The van der Waals surface area contributed by atoms with Gasteiger partial charge in [0.25, 0.3) is 0 Å². The van der Waals surface area contributed by atoms with Crippen molar-refractivity contribution in [1.29, 1.82) is 0 Å². The summed E-state index contributed by atoms with van der Waals surface area (Å²) in [6.45, 7) is 1.99. The summed E-state index contributed by atoms with van der Waals surface area (Å²) in [6.07, 6.45) is 1.31. The number of hydrazone groups is 1. The zero-order valence-corrected chi connectivity index (χ0v) is 14.2. The maximum Gasteiger partial charge on any atom is 0.203 e. The van der Waals surface area contributed by atoms with Crippen molar-refractivity contribution < 1.29 is 13.5 Å². The summed E-state index contributed by atoms with van der Waals surface area (Å²) in [5.74, 6) is -1.48. The van der Waals surface area contributed by atoms with E-state index in [9.17, 15) is 8.78 Å². The average Bonchev–Trinajstić information content (AvgIpc) is 3.07. The van der Waals surface area contributed by atoms with Crippen LogP contribution in [0.1, 0.15) is 12.5 Å². The molecule has 1 N–H and O–H groups in total. The molecule has 0 aliphatic rings. The van der Waals surface area contributed by atoms with Crippen LogP contribution in [0.3, 0.4) is 0 Å². The second kappa shape index (κ2) is 7.85. The van der Waals surface area contributed by atoms with Gasteiger partial charge in [0.2, 0.25) is 5.13 Å². The molecular weight excluding hydrogens is 344 g/mol. The molecule has 25 heavy (non-hydrogen) atoms. The fourth-order valence-corrected chi connectivity index (χ4v) is 2.86. The molecule has 0 unspecified atom stereocenters. The van der Waals surface area contributed by atoms with Gasteiger partial charge in [-0.25, -0.2) is 13.8 Å². The maximum absolute atomic E-state index is 13.8. The molecule has 128 valence electrons. The van der Waals surface area contributed by atoms with E-state index in [2.05, 4.69) is 15.5 Å². The molecule has 7 heteroatoms. The summed E-state index contributed by atoms with van der Waals surface area (Å²) < 4.78 is 32.4. The van der Waals surface area contributed by atoms with Gasteiger partial charge in [-0.15, -0.1) is 11.3 Å². The Kier molecular flexibility index (Phi) is 5.35. The Balaban J connectivity index is 1.75. The number of rotatable bonds is 6. The summed E-state index contributed by atoms with van der Waals surface area (Å²) in [5, 5.41) is 6.48. The van der Waals surface area contributed by atoms with Gasteiger partial charge in [-0.3, -0.25) is 5.43 Å². The van der Waals surface area contributed by atoms with Crippen LogP contribution in [-0.4, -0.2) is 17.8 Å². The quantitative estimate of drug-likeness (QED) is 0.501. The van der Waals surface area contributed by atoms with Crippen molar-refractivity contribution in [3.63, 3.8) is 0 Å². The lowest BCUT2D eigenvalue weighted by atomic mass is 10.2. The van der Waals surface area contributed by atoms with Crippen LogP contribution in [0.5, 0.6) is 5.75 Å². The molecule has 2 aromatic carbocycles. The SMILES string of the molecule is CCOc1c(F)cc(F)cc1C=NNc1nc(-c2ccccc2)cs1. The molecule has 0 bridgehead atoms. The Morgan fingerprint density at radius 2 is 2.04 bits per heavy atom. The lowest BCUT2D eigenvalue weighted by Gasteiger charge is -2.08. The van der Waals surface area contributed by atoms with Crippen molar-refractivity contribution in [2.45, 2.75) is 6.92 Å². The van der Waals surface area contributed by atoms with E-state index in [4.69, 9.17) is 4.74 Å². The second-order valence-corrected chi connectivity index (χ2v) is 5.87. The first kappa shape index (κ1) is 17.0. The number of nitrogens with zero attached hydrogens (tertiary/aromatic N) is 2. The van der Waals surface area contributed by atoms with Crippen molar-refractivity contribution in [3.05, 3.63) is 65.0 Å². The van der Waals surface area contributed by atoms with E-state index < -0.39 is 11.6 Å². The molecule has 0 spiro atoms. The third-order valence-electron chi connectivity index (χ3n) is 3.26. The highest BCUT2D eigenvalue weighted by atomic mass is 32.1. The van der Waals surface area contributed by atoms with E-state index in [0.717, 1.165) is 23.4 Å². The third kappa shape index (κ3) is 4.19. The van der Waals surface area contributed by atoms with Gasteiger partial charge in [-0.1, -0.05) is 30.3 Å². The number of halogens is 2. The van der Waals surface area contributed by atoms with Gasteiger partial charge in [0.05, 0.1) is 18.5 Å². The summed E-state index contributed by atoms with van der Waals surface area (Å²) in [4.78, 5) is 4.42. The van der Waals surface area contributed by atoms with Gasteiger partial charge in [0, 0.05) is 22.6 Å². The molecule has 0 saturated carbocycles. The van der Waals surface area contributed by atoms with Gasteiger partial charge in [0.15, 0.2) is 11.6 Å². The van der Waals surface area contributed by atoms with Crippen LogP contribution >= 0.6 is 11.3 Å². The molecule has 0 saturated heterocycles. The van der Waals surface area contributed by atoms with Crippen molar-refractivity contribution in [3.8, 4) is 17.0 Å². The molecule has 0 aliphatic carbocycles. The number of ether oxygens (including phenoxy) is 1. The van der Waals surface area contributed by atoms with E-state index in [0.29, 0.717) is 5.13 Å². The van der Waals surface area contributed by atoms with E-state index in [1.54, 1.807) is 6.92 Å². The molecule has 3 aromatic rings. The fraction of sp³-hybridized carbons (Fsp3) is 0.111. The van der Waals surface area contributed by atoms with E-state index in [-0.39, 0.29) is 17.9 Å². The molecule has 0 aliphatic heterocycles. The smallest absolute Gasteiger partial charge is 0.203 e. The molecule has 1 heterocycles. The van der Waals surface area contributed by atoms with Crippen LogP contribution in [0.4, 0.5) is 13.9 Å². The third-order valence-corrected chi connectivity index (χ3v) is 4.01. The van der Waals surface area contributed by atoms with Crippen LogP contribution < -0.4 is 10.2 Å². The normalized spacial score (nSPS) is 11.0. The Hall–Kier alpha value is -2.80. The summed E-state index contributed by atoms with van der Waals surface area (Å²) >= 11 is 1.38. The standard InChI is InChI=1S/C18H15F2N3OS/c1-2-24-17-13(8-14(19)9-15(17)20)10-21-23-18-22-16(11-25-18)12-6-4-3-5-7-12/h3-11H,2H2,1H3,(H,22,23). The molecule has 0 radical (unpaired) electrons. The predicted octanol–water partition coefficient (Wildman–Crippen LogP) is 4.93. The zero-order chi connectivity index (χ0) is 17.6. The van der Waals surface area contributed by atoms with Gasteiger partial charge in [0.1, 0.15) is 5.82 Å². The number of hydrogen-bond acceptors (Lipinski definition) is 5. The fourth-order valence-electron chi connectivity index (χ4n) is 2.20. The van der Waals surface area contributed by atoms with E-state index in [1.807, 2.05) is 35.7 Å². The van der Waals surface area contributed by atoms with Gasteiger partial charge in [-0.05, 0) is 13.0 Å². The van der Waals surface area contributed by atoms with Gasteiger partial charge >= 0.3 is 0 Å². The highest BCUT2D eigenvalue weighted by molar-refractivity contribution is 7.14. The Labute approximate surface area is 147 Å².